The molecule has 0 unspecified atom stereocenters. The maximum absolute atomic E-state index is 8.71. The van der Waals surface area contributed by atoms with Gasteiger partial charge in [-0.05, 0) is 13.5 Å². The smallest absolute Gasteiger partial charge is 0.222 e. The topological polar surface area (TPSA) is 109 Å². The fourth-order valence-electron chi connectivity index (χ4n) is 2.62. The molecule has 2 aromatic heterocycles. The molecule has 3 N–H and O–H groups in total. The highest BCUT2D eigenvalue weighted by atomic mass is 15.3. The zero-order valence-electron chi connectivity index (χ0n) is 12.4. The van der Waals surface area contributed by atoms with Gasteiger partial charge in [0.25, 0.3) is 0 Å². The van der Waals surface area contributed by atoms with Gasteiger partial charge in [0.05, 0.1) is 18.0 Å². The van der Waals surface area contributed by atoms with Gasteiger partial charge in [-0.2, -0.15) is 15.3 Å². The Morgan fingerprint density at radius 2 is 2.36 bits per heavy atom. The summed E-state index contributed by atoms with van der Waals surface area (Å²) in [7, 11) is 1.97. The van der Waals surface area contributed by atoms with Gasteiger partial charge in [-0.25, -0.2) is 4.98 Å². The fourth-order valence-corrected chi connectivity index (χ4v) is 2.62. The normalized spacial score (nSPS) is 17.6. The molecule has 1 atom stereocenters. The summed E-state index contributed by atoms with van der Waals surface area (Å²) in [5, 5.41) is 16.1. The van der Waals surface area contributed by atoms with Gasteiger partial charge in [-0.3, -0.25) is 4.68 Å². The van der Waals surface area contributed by atoms with Crippen LogP contribution in [0.5, 0.6) is 0 Å². The molecule has 0 radical (unpaired) electrons. The van der Waals surface area contributed by atoms with Crippen molar-refractivity contribution in [1.29, 1.82) is 5.26 Å². The Hall–Kier alpha value is -2.66. The molecule has 0 bridgehead atoms. The van der Waals surface area contributed by atoms with Gasteiger partial charge in [0, 0.05) is 37.0 Å². The number of nitrogens with two attached hydrogens (primary N) is 1. The predicted molar refractivity (Wildman–Crippen MR) is 83.0 cm³/mol. The number of rotatable bonds is 4. The molecule has 8 nitrogen and oxygen atoms in total. The third-order valence-electron chi connectivity index (χ3n) is 3.81. The second-order valence-corrected chi connectivity index (χ2v) is 5.27. The molecule has 2 aromatic rings. The van der Waals surface area contributed by atoms with Crippen molar-refractivity contribution in [1.82, 2.24) is 25.1 Å². The first-order chi connectivity index (χ1) is 10.7. The van der Waals surface area contributed by atoms with Crippen molar-refractivity contribution >= 4 is 11.8 Å². The van der Waals surface area contributed by atoms with Gasteiger partial charge in [0.2, 0.25) is 5.95 Å². The second kappa shape index (κ2) is 5.99. The average molecular weight is 298 g/mol. The minimum atomic E-state index is 0.212. The Balaban J connectivity index is 1.88. The second-order valence-electron chi connectivity index (χ2n) is 5.27. The lowest BCUT2D eigenvalue weighted by molar-refractivity contribution is 0.616. The van der Waals surface area contributed by atoms with Crippen molar-refractivity contribution in [3.63, 3.8) is 0 Å². The standard InChI is InChI=1S/C14H18N8/c1-17-11-2-4-21(9-11)13-6-12(19-14(16)20-13)10-7-18-22(8-10)5-3-15/h6-8,11,17H,2,4-5,9H2,1H3,(H2,16,19,20)/t11-/m1/s1. The van der Waals surface area contributed by atoms with E-state index in [0.29, 0.717) is 6.04 Å². The molecule has 0 spiro atoms. The Labute approximate surface area is 128 Å². The van der Waals surface area contributed by atoms with Crippen LogP contribution < -0.4 is 16.0 Å². The number of nitrogen functional groups attached to an aromatic ring is 1. The molecule has 1 aliphatic rings. The molecule has 114 valence electrons. The third-order valence-corrected chi connectivity index (χ3v) is 3.81. The van der Waals surface area contributed by atoms with Crippen molar-refractivity contribution in [3.8, 4) is 17.3 Å². The maximum Gasteiger partial charge on any atom is 0.222 e. The van der Waals surface area contributed by atoms with Crippen LogP contribution in [0.25, 0.3) is 11.3 Å². The van der Waals surface area contributed by atoms with Crippen molar-refractivity contribution in [2.24, 2.45) is 0 Å². The van der Waals surface area contributed by atoms with Crippen LogP contribution in [0.3, 0.4) is 0 Å². The number of anilines is 2. The van der Waals surface area contributed by atoms with Crippen LogP contribution in [-0.2, 0) is 6.54 Å². The summed E-state index contributed by atoms with van der Waals surface area (Å²) >= 11 is 0. The highest BCUT2D eigenvalue weighted by molar-refractivity contribution is 5.63. The number of hydrogen-bond donors (Lipinski definition) is 2. The molecule has 0 aromatic carbocycles. The van der Waals surface area contributed by atoms with E-state index >= 15 is 0 Å². The molecule has 0 saturated carbocycles. The Morgan fingerprint density at radius 3 is 3.09 bits per heavy atom. The fraction of sp³-hybridized carbons (Fsp3) is 0.429. The summed E-state index contributed by atoms with van der Waals surface area (Å²) < 4.78 is 1.57. The van der Waals surface area contributed by atoms with E-state index in [4.69, 9.17) is 11.0 Å². The van der Waals surface area contributed by atoms with Gasteiger partial charge in [-0.1, -0.05) is 0 Å². The van der Waals surface area contributed by atoms with E-state index in [0.717, 1.165) is 36.6 Å². The molecule has 3 heterocycles. The molecule has 0 amide bonds. The SMILES string of the molecule is CN[C@@H]1CCN(c2cc(-c3cnn(CC#N)c3)nc(N)n2)C1. The first kappa shape index (κ1) is 14.3. The molecule has 1 saturated heterocycles. The van der Waals surface area contributed by atoms with Crippen molar-refractivity contribution in [3.05, 3.63) is 18.5 Å². The molecule has 1 aliphatic heterocycles. The van der Waals surface area contributed by atoms with Crippen LogP contribution in [-0.4, -0.2) is 45.9 Å². The highest BCUT2D eigenvalue weighted by Crippen LogP contribution is 2.24. The maximum atomic E-state index is 8.71. The van der Waals surface area contributed by atoms with Crippen LogP contribution in [0.2, 0.25) is 0 Å². The first-order valence-corrected chi connectivity index (χ1v) is 7.16. The highest BCUT2D eigenvalue weighted by Gasteiger charge is 2.23. The summed E-state index contributed by atoms with van der Waals surface area (Å²) in [6.45, 7) is 2.05. The third kappa shape index (κ3) is 2.84. The Kier molecular flexibility index (Phi) is 3.89. The predicted octanol–water partition coefficient (Wildman–Crippen LogP) is 0.244. The molecule has 3 rings (SSSR count). The Bertz CT molecular complexity index is 701. The first-order valence-electron chi connectivity index (χ1n) is 7.16. The van der Waals surface area contributed by atoms with Gasteiger partial charge in [0.15, 0.2) is 0 Å². The summed E-state index contributed by atoms with van der Waals surface area (Å²) in [5.74, 6) is 1.07. The quantitative estimate of drug-likeness (QED) is 0.832. The summed E-state index contributed by atoms with van der Waals surface area (Å²) in [4.78, 5) is 10.8. The van der Waals surface area contributed by atoms with Crippen molar-refractivity contribution < 1.29 is 0 Å². The van der Waals surface area contributed by atoms with E-state index in [1.54, 1.807) is 17.1 Å². The largest absolute Gasteiger partial charge is 0.368 e. The lowest BCUT2D eigenvalue weighted by Crippen LogP contribution is -2.30. The van der Waals surface area contributed by atoms with Gasteiger partial charge in [0.1, 0.15) is 12.4 Å². The van der Waals surface area contributed by atoms with E-state index in [1.807, 2.05) is 13.1 Å². The summed E-state index contributed by atoms with van der Waals surface area (Å²) in [6, 6.07) is 4.44. The Morgan fingerprint density at radius 1 is 1.50 bits per heavy atom. The minimum absolute atomic E-state index is 0.212. The molecule has 8 heteroatoms. The average Bonchev–Trinajstić information content (AvgIpc) is 3.16. The zero-order chi connectivity index (χ0) is 15.5. The van der Waals surface area contributed by atoms with E-state index in [2.05, 4.69) is 31.4 Å². The minimum Gasteiger partial charge on any atom is -0.368 e. The van der Waals surface area contributed by atoms with E-state index < -0.39 is 0 Å². The molecule has 22 heavy (non-hydrogen) atoms. The van der Waals surface area contributed by atoms with Crippen LogP contribution in [0, 0.1) is 11.3 Å². The number of likely N-dealkylation sites (N-methyl/N-ethyl adjacent to an activating group) is 1. The number of nitrogens with zero attached hydrogens (tertiary/aromatic N) is 6. The van der Waals surface area contributed by atoms with Crippen LogP contribution in [0.4, 0.5) is 11.8 Å². The van der Waals surface area contributed by atoms with Gasteiger partial charge >= 0.3 is 0 Å². The monoisotopic (exact) mass is 298 g/mol. The number of nitrogens with one attached hydrogen (secondary N) is 1. The van der Waals surface area contributed by atoms with E-state index in [9.17, 15) is 0 Å². The van der Waals surface area contributed by atoms with E-state index in [-0.39, 0.29) is 12.5 Å². The van der Waals surface area contributed by atoms with E-state index in [1.165, 1.54) is 0 Å². The molecule has 0 aliphatic carbocycles. The molecular formula is C14H18N8. The van der Waals surface area contributed by atoms with Gasteiger partial charge < -0.3 is 16.0 Å². The number of nitriles is 1. The van der Waals surface area contributed by atoms with Crippen LogP contribution >= 0.6 is 0 Å². The van der Waals surface area contributed by atoms with Crippen molar-refractivity contribution in [2.45, 2.75) is 19.0 Å². The van der Waals surface area contributed by atoms with Crippen LogP contribution in [0.1, 0.15) is 6.42 Å². The summed E-state index contributed by atoms with van der Waals surface area (Å²) in [6.07, 6.45) is 4.55. The lowest BCUT2D eigenvalue weighted by atomic mass is 10.2. The summed E-state index contributed by atoms with van der Waals surface area (Å²) in [5.41, 5.74) is 7.40. The number of hydrogen-bond acceptors (Lipinski definition) is 7. The molecular weight excluding hydrogens is 280 g/mol. The zero-order valence-corrected chi connectivity index (χ0v) is 12.4. The number of aromatic nitrogens is 4. The lowest BCUT2D eigenvalue weighted by Gasteiger charge is -2.18. The van der Waals surface area contributed by atoms with Crippen molar-refractivity contribution in [2.75, 3.05) is 30.8 Å². The molecule has 1 fully saturated rings. The van der Waals surface area contributed by atoms with Gasteiger partial charge in [-0.15, -0.1) is 0 Å². The van der Waals surface area contributed by atoms with Crippen LogP contribution in [0.15, 0.2) is 18.5 Å².